The maximum Gasteiger partial charge on any atom is 0.0403 e. The van der Waals surface area contributed by atoms with Crippen LogP contribution < -0.4 is 10.2 Å². The lowest BCUT2D eigenvalue weighted by Gasteiger charge is -2.36. The monoisotopic (exact) mass is 323 g/mol. The second-order valence-electron chi connectivity index (χ2n) is 6.66. The summed E-state index contributed by atoms with van der Waals surface area (Å²) in [5.41, 5.74) is 5.22. The van der Waals surface area contributed by atoms with E-state index >= 15 is 0 Å². The third kappa shape index (κ3) is 4.30. The molecule has 0 radical (unpaired) electrons. The molecular formula is C21H29N3. The molecular weight excluding hydrogens is 294 g/mol. The Labute approximate surface area is 146 Å². The summed E-state index contributed by atoms with van der Waals surface area (Å²) in [6.07, 6.45) is 1.25. The largest absolute Gasteiger partial charge is 0.381 e. The fraction of sp³-hybridized carbons (Fsp3) is 0.429. The molecule has 1 heterocycles. The van der Waals surface area contributed by atoms with Gasteiger partial charge >= 0.3 is 0 Å². The summed E-state index contributed by atoms with van der Waals surface area (Å²) in [6, 6.07) is 17.4. The molecule has 0 spiro atoms. The molecule has 1 aliphatic heterocycles. The summed E-state index contributed by atoms with van der Waals surface area (Å²) >= 11 is 0. The summed E-state index contributed by atoms with van der Waals surface area (Å²) in [5.74, 6) is 0. The molecule has 0 saturated carbocycles. The molecule has 2 aromatic rings. The number of hydrogen-bond donors (Lipinski definition) is 1. The second-order valence-corrected chi connectivity index (χ2v) is 6.66. The Bertz CT molecular complexity index is 628. The van der Waals surface area contributed by atoms with Crippen molar-refractivity contribution in [3.63, 3.8) is 0 Å². The van der Waals surface area contributed by atoms with Crippen molar-refractivity contribution in [1.82, 2.24) is 4.90 Å². The van der Waals surface area contributed by atoms with E-state index in [0.717, 1.165) is 19.6 Å². The number of hydrogen-bond acceptors (Lipinski definition) is 3. The zero-order chi connectivity index (χ0) is 16.8. The predicted molar refractivity (Wildman–Crippen MR) is 104 cm³/mol. The molecule has 3 nitrogen and oxygen atoms in total. The number of aryl methyl sites for hydroxylation is 1. The first-order valence-corrected chi connectivity index (χ1v) is 9.12. The molecule has 3 heteroatoms. The van der Waals surface area contributed by atoms with Crippen LogP contribution in [0.15, 0.2) is 48.5 Å². The fourth-order valence-electron chi connectivity index (χ4n) is 3.34. The summed E-state index contributed by atoms with van der Waals surface area (Å²) in [6.45, 7) is 11.2. The van der Waals surface area contributed by atoms with Gasteiger partial charge in [-0.25, -0.2) is 0 Å². The summed E-state index contributed by atoms with van der Waals surface area (Å²) in [7, 11) is 0. The molecule has 1 saturated heterocycles. The number of anilines is 2. The lowest BCUT2D eigenvalue weighted by atomic mass is 10.1. The SMILES string of the molecule is CCCN1CCN(c2ccc(NCc3ccccc3C)cc2)CC1. The Morgan fingerprint density at radius 2 is 1.62 bits per heavy atom. The number of nitrogens with zero attached hydrogens (tertiary/aromatic N) is 2. The van der Waals surface area contributed by atoms with Crippen molar-refractivity contribution in [3.8, 4) is 0 Å². The van der Waals surface area contributed by atoms with Crippen LogP contribution >= 0.6 is 0 Å². The minimum Gasteiger partial charge on any atom is -0.381 e. The third-order valence-corrected chi connectivity index (χ3v) is 4.89. The number of nitrogens with one attached hydrogen (secondary N) is 1. The van der Waals surface area contributed by atoms with Crippen LogP contribution in [0, 0.1) is 6.92 Å². The molecule has 24 heavy (non-hydrogen) atoms. The van der Waals surface area contributed by atoms with Gasteiger partial charge in [0, 0.05) is 44.1 Å². The van der Waals surface area contributed by atoms with Crippen LogP contribution in [0.4, 0.5) is 11.4 Å². The van der Waals surface area contributed by atoms with E-state index in [9.17, 15) is 0 Å². The number of benzene rings is 2. The van der Waals surface area contributed by atoms with Gasteiger partial charge in [0.1, 0.15) is 0 Å². The average Bonchev–Trinajstić information content (AvgIpc) is 2.63. The molecule has 3 rings (SSSR count). The standard InChI is InChI=1S/C21H29N3/c1-3-12-23-13-15-24(16-14-23)21-10-8-20(9-11-21)22-17-19-7-5-4-6-18(19)2/h4-11,22H,3,12-17H2,1-2H3. The molecule has 0 aromatic heterocycles. The summed E-state index contributed by atoms with van der Waals surface area (Å²) < 4.78 is 0. The van der Waals surface area contributed by atoms with Crippen molar-refractivity contribution in [2.75, 3.05) is 42.9 Å². The van der Waals surface area contributed by atoms with Crippen molar-refractivity contribution < 1.29 is 0 Å². The van der Waals surface area contributed by atoms with Gasteiger partial charge in [0.15, 0.2) is 0 Å². The van der Waals surface area contributed by atoms with Crippen molar-refractivity contribution in [1.29, 1.82) is 0 Å². The van der Waals surface area contributed by atoms with Crippen molar-refractivity contribution in [2.45, 2.75) is 26.8 Å². The summed E-state index contributed by atoms with van der Waals surface area (Å²) in [4.78, 5) is 5.06. The third-order valence-electron chi connectivity index (χ3n) is 4.89. The highest BCUT2D eigenvalue weighted by Crippen LogP contribution is 2.20. The molecule has 2 aromatic carbocycles. The van der Waals surface area contributed by atoms with Crippen LogP contribution in [-0.4, -0.2) is 37.6 Å². The van der Waals surface area contributed by atoms with Crippen LogP contribution in [-0.2, 0) is 6.54 Å². The highest BCUT2D eigenvalue weighted by molar-refractivity contribution is 5.55. The maximum absolute atomic E-state index is 3.53. The van der Waals surface area contributed by atoms with Crippen molar-refractivity contribution in [2.24, 2.45) is 0 Å². The van der Waals surface area contributed by atoms with Crippen LogP contribution in [0.1, 0.15) is 24.5 Å². The Hall–Kier alpha value is -2.00. The lowest BCUT2D eigenvalue weighted by Crippen LogP contribution is -2.46. The Kier molecular flexibility index (Phi) is 5.76. The highest BCUT2D eigenvalue weighted by atomic mass is 15.3. The Balaban J connectivity index is 1.53. The van der Waals surface area contributed by atoms with Gasteiger partial charge in [-0.2, -0.15) is 0 Å². The number of rotatable bonds is 6. The number of piperazine rings is 1. The maximum atomic E-state index is 3.53. The van der Waals surface area contributed by atoms with E-state index in [0.29, 0.717) is 0 Å². The van der Waals surface area contributed by atoms with E-state index in [2.05, 4.69) is 77.5 Å². The lowest BCUT2D eigenvalue weighted by molar-refractivity contribution is 0.258. The second kappa shape index (κ2) is 8.20. The van der Waals surface area contributed by atoms with Gasteiger partial charge in [-0.05, 0) is 55.3 Å². The van der Waals surface area contributed by atoms with E-state index in [1.165, 1.54) is 48.6 Å². The van der Waals surface area contributed by atoms with E-state index in [1.54, 1.807) is 0 Å². The van der Waals surface area contributed by atoms with Crippen molar-refractivity contribution >= 4 is 11.4 Å². The van der Waals surface area contributed by atoms with Gasteiger partial charge in [0.2, 0.25) is 0 Å². The fourth-order valence-corrected chi connectivity index (χ4v) is 3.34. The van der Waals surface area contributed by atoms with Gasteiger partial charge < -0.3 is 10.2 Å². The molecule has 0 aliphatic carbocycles. The van der Waals surface area contributed by atoms with Gasteiger partial charge in [0.05, 0.1) is 0 Å². The smallest absolute Gasteiger partial charge is 0.0403 e. The summed E-state index contributed by atoms with van der Waals surface area (Å²) in [5, 5.41) is 3.53. The van der Waals surface area contributed by atoms with Gasteiger partial charge in [-0.1, -0.05) is 31.2 Å². The molecule has 1 fully saturated rings. The quantitative estimate of drug-likeness (QED) is 0.862. The molecule has 128 valence electrons. The predicted octanol–water partition coefficient (Wildman–Crippen LogP) is 4.14. The zero-order valence-electron chi connectivity index (χ0n) is 15.0. The molecule has 1 aliphatic rings. The first-order valence-electron chi connectivity index (χ1n) is 9.12. The first-order chi connectivity index (χ1) is 11.8. The Morgan fingerprint density at radius 3 is 2.29 bits per heavy atom. The molecule has 0 amide bonds. The normalized spacial score (nSPS) is 15.5. The van der Waals surface area contributed by atoms with E-state index < -0.39 is 0 Å². The van der Waals surface area contributed by atoms with E-state index in [-0.39, 0.29) is 0 Å². The molecule has 0 unspecified atom stereocenters. The topological polar surface area (TPSA) is 18.5 Å². The highest BCUT2D eigenvalue weighted by Gasteiger charge is 2.16. The van der Waals surface area contributed by atoms with Crippen LogP contribution in [0.3, 0.4) is 0 Å². The molecule has 0 atom stereocenters. The van der Waals surface area contributed by atoms with Gasteiger partial charge in [-0.15, -0.1) is 0 Å². The van der Waals surface area contributed by atoms with Crippen LogP contribution in [0.25, 0.3) is 0 Å². The minimum atomic E-state index is 0.877. The van der Waals surface area contributed by atoms with Gasteiger partial charge in [-0.3, -0.25) is 4.90 Å². The van der Waals surface area contributed by atoms with E-state index in [4.69, 9.17) is 0 Å². The minimum absolute atomic E-state index is 0.877. The van der Waals surface area contributed by atoms with Crippen LogP contribution in [0.2, 0.25) is 0 Å². The zero-order valence-corrected chi connectivity index (χ0v) is 15.0. The molecule has 1 N–H and O–H groups in total. The van der Waals surface area contributed by atoms with Crippen molar-refractivity contribution in [3.05, 3.63) is 59.7 Å². The van der Waals surface area contributed by atoms with E-state index in [1.807, 2.05) is 0 Å². The van der Waals surface area contributed by atoms with Crippen LogP contribution in [0.5, 0.6) is 0 Å². The Morgan fingerprint density at radius 1 is 0.917 bits per heavy atom. The van der Waals surface area contributed by atoms with Gasteiger partial charge in [0.25, 0.3) is 0 Å². The average molecular weight is 323 g/mol. The molecule has 0 bridgehead atoms. The first kappa shape index (κ1) is 16.8.